The van der Waals surface area contributed by atoms with Gasteiger partial charge in [0, 0.05) is 0 Å². The van der Waals surface area contributed by atoms with E-state index in [1.54, 1.807) is 0 Å². The number of rotatable bonds is 6. The fraction of sp³-hybridized carbons (Fsp3) is 1.00. The molecule has 15 heteroatoms. The molecule has 0 amide bonds. The molecule has 0 aromatic heterocycles. The molecular weight excluding hydrogens is 444 g/mol. The summed E-state index contributed by atoms with van der Waals surface area (Å²) in [4.78, 5) is 0. The Labute approximate surface area is 181 Å². The van der Waals surface area contributed by atoms with Crippen molar-refractivity contribution in [1.29, 1.82) is 0 Å². The number of hydrogen-bond acceptors (Lipinski definition) is 15. The highest BCUT2D eigenvalue weighted by molar-refractivity contribution is 4.95. The monoisotopic (exact) mass is 474 g/mol. The van der Waals surface area contributed by atoms with Gasteiger partial charge >= 0.3 is 0 Å². The van der Waals surface area contributed by atoms with Gasteiger partial charge in [-0.3, -0.25) is 0 Å². The SMILES string of the molecule is OC[C@H]1O[C@@H](O[C@@H]2[C@@H](O[C@@H]3OC[C@H](O)[C@H](O)[C@H]3O)[C@H](O)[C@@H](CO)O[C@H]2O)[C@H](O)[C@@H](O)[C@@H]1O. The van der Waals surface area contributed by atoms with Gasteiger partial charge in [-0.15, -0.1) is 0 Å². The average molecular weight is 474 g/mol. The molecule has 0 radical (unpaired) electrons. The van der Waals surface area contributed by atoms with E-state index in [-0.39, 0.29) is 0 Å². The Kier molecular flexibility index (Phi) is 8.75. The van der Waals surface area contributed by atoms with Crippen LogP contribution in [0.2, 0.25) is 0 Å². The lowest BCUT2D eigenvalue weighted by atomic mass is 9.97. The molecule has 0 aromatic carbocycles. The number of ether oxygens (including phenoxy) is 5. The van der Waals surface area contributed by atoms with E-state index < -0.39 is 106 Å². The van der Waals surface area contributed by atoms with Gasteiger partial charge in [0.15, 0.2) is 18.9 Å². The molecule has 3 heterocycles. The Bertz CT molecular complexity index is 594. The van der Waals surface area contributed by atoms with Crippen molar-refractivity contribution in [2.45, 2.75) is 86.0 Å². The third-order valence-corrected chi connectivity index (χ3v) is 5.70. The normalized spacial score (nSPS) is 52.7. The number of hydrogen-bond donors (Lipinski definition) is 10. The third kappa shape index (κ3) is 5.07. The average Bonchev–Trinajstić information content (AvgIpc) is 2.78. The lowest BCUT2D eigenvalue weighted by Crippen LogP contribution is -2.66. The molecule has 3 fully saturated rings. The summed E-state index contributed by atoms with van der Waals surface area (Å²) in [7, 11) is 0. The first-order chi connectivity index (χ1) is 15.1. The van der Waals surface area contributed by atoms with Crippen LogP contribution in [0.3, 0.4) is 0 Å². The van der Waals surface area contributed by atoms with E-state index in [4.69, 9.17) is 23.7 Å². The summed E-state index contributed by atoms with van der Waals surface area (Å²) >= 11 is 0. The first-order valence-electron chi connectivity index (χ1n) is 10.00. The van der Waals surface area contributed by atoms with Crippen molar-refractivity contribution in [3.63, 3.8) is 0 Å². The van der Waals surface area contributed by atoms with Crippen LogP contribution in [0.4, 0.5) is 0 Å². The quantitative estimate of drug-likeness (QED) is 0.172. The lowest BCUT2D eigenvalue weighted by Gasteiger charge is -2.47. The molecule has 10 N–H and O–H groups in total. The minimum Gasteiger partial charge on any atom is -0.394 e. The van der Waals surface area contributed by atoms with Gasteiger partial charge in [-0.05, 0) is 0 Å². The van der Waals surface area contributed by atoms with Gasteiger partial charge in [0.25, 0.3) is 0 Å². The molecule has 32 heavy (non-hydrogen) atoms. The van der Waals surface area contributed by atoms with Gasteiger partial charge in [0.05, 0.1) is 19.8 Å². The van der Waals surface area contributed by atoms with E-state index in [9.17, 15) is 51.1 Å². The molecule has 3 rings (SSSR count). The zero-order valence-electron chi connectivity index (χ0n) is 16.7. The minimum atomic E-state index is -1.89. The zero-order valence-corrected chi connectivity index (χ0v) is 16.7. The first kappa shape index (κ1) is 26.0. The summed E-state index contributed by atoms with van der Waals surface area (Å²) in [6.45, 7) is -1.92. The Hall–Kier alpha value is -0.600. The van der Waals surface area contributed by atoms with E-state index in [2.05, 4.69) is 0 Å². The van der Waals surface area contributed by atoms with Crippen molar-refractivity contribution >= 4 is 0 Å². The smallest absolute Gasteiger partial charge is 0.187 e. The molecule has 3 aliphatic rings. The fourth-order valence-electron chi connectivity index (χ4n) is 3.75. The maximum atomic E-state index is 10.6. The molecule has 188 valence electrons. The van der Waals surface area contributed by atoms with E-state index in [0.717, 1.165) is 0 Å². The van der Waals surface area contributed by atoms with Crippen LogP contribution in [0.25, 0.3) is 0 Å². The van der Waals surface area contributed by atoms with E-state index in [1.165, 1.54) is 0 Å². The highest BCUT2D eigenvalue weighted by Gasteiger charge is 2.52. The van der Waals surface area contributed by atoms with Crippen LogP contribution in [0.5, 0.6) is 0 Å². The molecule has 3 aliphatic heterocycles. The summed E-state index contributed by atoms with van der Waals surface area (Å²) in [5, 5.41) is 99.2. The van der Waals surface area contributed by atoms with Crippen LogP contribution in [-0.2, 0) is 23.7 Å². The van der Waals surface area contributed by atoms with Crippen LogP contribution in [-0.4, -0.2) is 157 Å². The van der Waals surface area contributed by atoms with E-state index in [0.29, 0.717) is 0 Å². The molecule has 0 aromatic rings. The summed E-state index contributed by atoms with van der Waals surface area (Å²) in [5.74, 6) is 0. The van der Waals surface area contributed by atoms with Crippen LogP contribution >= 0.6 is 0 Å². The Balaban J connectivity index is 1.80. The highest BCUT2D eigenvalue weighted by Crippen LogP contribution is 2.31. The maximum Gasteiger partial charge on any atom is 0.187 e. The Morgan fingerprint density at radius 3 is 1.78 bits per heavy atom. The molecule has 14 atom stereocenters. The van der Waals surface area contributed by atoms with Gasteiger partial charge in [-0.1, -0.05) is 0 Å². The number of aliphatic hydroxyl groups excluding tert-OH is 10. The second-order valence-electron chi connectivity index (χ2n) is 7.89. The molecule has 3 saturated heterocycles. The number of aliphatic hydroxyl groups is 10. The minimum absolute atomic E-state index is 0.424. The van der Waals surface area contributed by atoms with Crippen LogP contribution < -0.4 is 0 Å². The fourth-order valence-corrected chi connectivity index (χ4v) is 3.75. The van der Waals surface area contributed by atoms with Crippen molar-refractivity contribution in [3.8, 4) is 0 Å². The van der Waals surface area contributed by atoms with Gasteiger partial charge in [-0.2, -0.15) is 0 Å². The molecule has 0 bridgehead atoms. The lowest BCUT2D eigenvalue weighted by molar-refractivity contribution is -0.383. The molecule has 0 saturated carbocycles. The van der Waals surface area contributed by atoms with Crippen LogP contribution in [0.15, 0.2) is 0 Å². The van der Waals surface area contributed by atoms with Gasteiger partial charge < -0.3 is 74.7 Å². The Morgan fingerprint density at radius 2 is 1.16 bits per heavy atom. The molecule has 0 unspecified atom stereocenters. The van der Waals surface area contributed by atoms with E-state index >= 15 is 0 Å². The molecular formula is C17H30O15. The van der Waals surface area contributed by atoms with E-state index in [1.807, 2.05) is 0 Å². The molecule has 0 spiro atoms. The van der Waals surface area contributed by atoms with Gasteiger partial charge in [0.1, 0.15) is 67.1 Å². The first-order valence-corrected chi connectivity index (χ1v) is 10.00. The van der Waals surface area contributed by atoms with Crippen LogP contribution in [0, 0.1) is 0 Å². The maximum absolute atomic E-state index is 10.6. The summed E-state index contributed by atoms with van der Waals surface area (Å²) in [6, 6.07) is 0. The molecule has 0 aliphatic carbocycles. The zero-order chi connectivity index (χ0) is 23.7. The van der Waals surface area contributed by atoms with Gasteiger partial charge in [0.2, 0.25) is 0 Å². The predicted molar refractivity (Wildman–Crippen MR) is 95.2 cm³/mol. The summed E-state index contributed by atoms with van der Waals surface area (Å²) in [6.07, 6.45) is -23.0. The van der Waals surface area contributed by atoms with Crippen LogP contribution in [0.1, 0.15) is 0 Å². The molecule has 15 nitrogen and oxygen atoms in total. The van der Waals surface area contributed by atoms with Crippen molar-refractivity contribution in [3.05, 3.63) is 0 Å². The summed E-state index contributed by atoms with van der Waals surface area (Å²) < 4.78 is 26.4. The second-order valence-corrected chi connectivity index (χ2v) is 7.89. The van der Waals surface area contributed by atoms with Crippen molar-refractivity contribution < 1.29 is 74.7 Å². The van der Waals surface area contributed by atoms with Crippen molar-refractivity contribution in [2.24, 2.45) is 0 Å². The second kappa shape index (κ2) is 10.8. The van der Waals surface area contributed by atoms with Crippen molar-refractivity contribution in [2.75, 3.05) is 19.8 Å². The topological polar surface area (TPSA) is 248 Å². The van der Waals surface area contributed by atoms with Crippen molar-refractivity contribution in [1.82, 2.24) is 0 Å². The highest BCUT2D eigenvalue weighted by atomic mass is 16.8. The van der Waals surface area contributed by atoms with Gasteiger partial charge in [-0.25, -0.2) is 0 Å². The predicted octanol–water partition coefficient (Wildman–Crippen LogP) is -6.93. The Morgan fingerprint density at radius 1 is 0.594 bits per heavy atom. The third-order valence-electron chi connectivity index (χ3n) is 5.70. The summed E-state index contributed by atoms with van der Waals surface area (Å²) in [5.41, 5.74) is 0. The largest absolute Gasteiger partial charge is 0.394 e. The standard InChI is InChI=1S/C17H30O15/c18-1-5-8(22)10(24)12(26)17(30-5)32-14-13(9(23)6(2-19)29-15(14)27)31-16-11(25)7(21)4(20)3-28-16/h4-27H,1-3H2/t4-,5+,6+,7-,8+,9+,10-,11+,12+,13-,14+,15+,16-,17-/m0/s1.